The molecule has 0 saturated heterocycles. The van der Waals surface area contributed by atoms with Crippen LogP contribution in [0.5, 0.6) is 5.75 Å². The molecule has 3 aromatic rings. The molecule has 1 aliphatic heterocycles. The number of aromatic nitrogens is 1. The van der Waals surface area contributed by atoms with E-state index in [4.69, 9.17) is 4.74 Å². The van der Waals surface area contributed by atoms with Crippen molar-refractivity contribution in [2.24, 2.45) is 0 Å². The quantitative estimate of drug-likeness (QED) is 0.682. The lowest BCUT2D eigenvalue weighted by Crippen LogP contribution is -2.42. The minimum atomic E-state index is -0.495. The summed E-state index contributed by atoms with van der Waals surface area (Å²) in [5, 5.41) is 1.30. The van der Waals surface area contributed by atoms with Gasteiger partial charge in [0.25, 0.3) is 5.91 Å². The summed E-state index contributed by atoms with van der Waals surface area (Å²) >= 11 is 0. The maximum Gasteiger partial charge on any atom is 0.263 e. The predicted octanol–water partition coefficient (Wildman–Crippen LogP) is 4.99. The highest BCUT2D eigenvalue weighted by molar-refractivity contribution is 5.86. The van der Waals surface area contributed by atoms with E-state index in [1.165, 1.54) is 27.7 Å². The van der Waals surface area contributed by atoms with Gasteiger partial charge in [-0.3, -0.25) is 4.79 Å². The number of nitrogens with zero attached hydrogens (tertiary/aromatic N) is 1. The molecule has 29 heavy (non-hydrogen) atoms. The smallest absolute Gasteiger partial charge is 0.263 e. The molecule has 1 aliphatic rings. The lowest BCUT2D eigenvalue weighted by Gasteiger charge is -2.25. The fourth-order valence-electron chi connectivity index (χ4n) is 4.30. The van der Waals surface area contributed by atoms with E-state index in [-0.39, 0.29) is 5.91 Å². The van der Waals surface area contributed by atoms with Crippen LogP contribution in [0.3, 0.4) is 0 Å². The SMILES string of the molecule is Cc1ccc2[nH]c3c(c2c1)CCN(C(=O)C(C)Oc1ccccc1C(C)C)CC3. The van der Waals surface area contributed by atoms with Crippen molar-refractivity contribution >= 4 is 16.8 Å². The number of fused-ring (bicyclic) bond motifs is 3. The van der Waals surface area contributed by atoms with Crippen LogP contribution in [0.15, 0.2) is 42.5 Å². The van der Waals surface area contributed by atoms with Gasteiger partial charge in [0.05, 0.1) is 0 Å². The van der Waals surface area contributed by atoms with Crippen molar-refractivity contribution in [1.29, 1.82) is 0 Å². The minimum Gasteiger partial charge on any atom is -0.481 e. The molecule has 1 N–H and O–H groups in total. The van der Waals surface area contributed by atoms with Gasteiger partial charge in [-0.05, 0) is 55.5 Å². The molecule has 1 unspecified atom stereocenters. The fourth-order valence-corrected chi connectivity index (χ4v) is 4.30. The monoisotopic (exact) mass is 390 g/mol. The van der Waals surface area contributed by atoms with Crippen LogP contribution in [0.1, 0.15) is 49.1 Å². The molecular weight excluding hydrogens is 360 g/mol. The maximum absolute atomic E-state index is 13.1. The number of para-hydroxylation sites is 1. The summed E-state index contributed by atoms with van der Waals surface area (Å²) in [6.45, 7) is 9.72. The molecule has 0 saturated carbocycles. The number of carbonyl (C=O) groups is 1. The molecule has 0 aliphatic carbocycles. The van der Waals surface area contributed by atoms with Crippen LogP contribution in [-0.4, -0.2) is 35.0 Å². The summed E-state index contributed by atoms with van der Waals surface area (Å²) in [7, 11) is 0. The number of H-pyrrole nitrogens is 1. The Morgan fingerprint density at radius 3 is 2.62 bits per heavy atom. The third-order valence-corrected chi connectivity index (χ3v) is 5.92. The van der Waals surface area contributed by atoms with Crippen molar-refractivity contribution in [2.75, 3.05) is 13.1 Å². The number of aryl methyl sites for hydroxylation is 1. The van der Waals surface area contributed by atoms with Crippen LogP contribution in [0.25, 0.3) is 10.9 Å². The normalized spacial score (nSPS) is 15.3. The first-order valence-corrected chi connectivity index (χ1v) is 10.6. The van der Waals surface area contributed by atoms with Crippen molar-refractivity contribution in [1.82, 2.24) is 9.88 Å². The largest absolute Gasteiger partial charge is 0.481 e. The molecule has 2 heterocycles. The number of hydrogen-bond acceptors (Lipinski definition) is 2. The van der Waals surface area contributed by atoms with Gasteiger partial charge in [-0.2, -0.15) is 0 Å². The van der Waals surface area contributed by atoms with E-state index in [1.54, 1.807) is 0 Å². The molecule has 4 rings (SSSR count). The lowest BCUT2D eigenvalue weighted by atomic mass is 10.0. The first-order valence-electron chi connectivity index (χ1n) is 10.6. The summed E-state index contributed by atoms with van der Waals surface area (Å²) in [4.78, 5) is 18.6. The summed E-state index contributed by atoms with van der Waals surface area (Å²) in [5.74, 6) is 1.23. The molecule has 1 amide bonds. The number of nitrogens with one attached hydrogen (secondary N) is 1. The number of amides is 1. The molecular formula is C25H30N2O2. The first kappa shape index (κ1) is 19.6. The highest BCUT2D eigenvalue weighted by atomic mass is 16.5. The second kappa shape index (κ2) is 7.94. The highest BCUT2D eigenvalue weighted by Crippen LogP contribution is 2.29. The summed E-state index contributed by atoms with van der Waals surface area (Å²) in [5.41, 5.74) is 6.22. The molecule has 0 radical (unpaired) electrons. The van der Waals surface area contributed by atoms with Gasteiger partial charge in [0.1, 0.15) is 5.75 Å². The molecule has 4 nitrogen and oxygen atoms in total. The minimum absolute atomic E-state index is 0.0641. The Kier molecular flexibility index (Phi) is 5.35. The van der Waals surface area contributed by atoms with Crippen molar-refractivity contribution in [2.45, 2.75) is 52.6 Å². The first-order chi connectivity index (χ1) is 13.9. The maximum atomic E-state index is 13.1. The average Bonchev–Trinajstić information content (AvgIpc) is 2.90. The molecule has 4 heteroatoms. The topological polar surface area (TPSA) is 45.3 Å². The number of rotatable bonds is 4. The van der Waals surface area contributed by atoms with Gasteiger partial charge in [0.15, 0.2) is 6.10 Å². The number of benzene rings is 2. The number of aromatic amines is 1. The average molecular weight is 391 g/mol. The van der Waals surface area contributed by atoms with E-state index in [0.29, 0.717) is 5.92 Å². The third-order valence-electron chi connectivity index (χ3n) is 5.92. The zero-order valence-corrected chi connectivity index (χ0v) is 17.8. The van der Waals surface area contributed by atoms with E-state index in [0.717, 1.165) is 37.2 Å². The van der Waals surface area contributed by atoms with Crippen LogP contribution in [0, 0.1) is 6.92 Å². The third kappa shape index (κ3) is 3.89. The Labute approximate surface area is 172 Å². The molecule has 1 aromatic heterocycles. The van der Waals surface area contributed by atoms with Gasteiger partial charge in [0, 0.05) is 36.1 Å². The second-order valence-corrected chi connectivity index (χ2v) is 8.41. The van der Waals surface area contributed by atoms with Crippen LogP contribution in [-0.2, 0) is 17.6 Å². The standard InChI is InChI=1S/C25H30N2O2/c1-16(2)19-7-5-6-8-24(19)29-18(4)25(28)27-13-11-20-21-15-17(3)9-10-22(21)26-23(20)12-14-27/h5-10,15-16,18,26H,11-14H2,1-4H3. The predicted molar refractivity (Wildman–Crippen MR) is 118 cm³/mol. The molecule has 152 valence electrons. The highest BCUT2D eigenvalue weighted by Gasteiger charge is 2.26. The summed E-state index contributed by atoms with van der Waals surface area (Å²) in [6.07, 6.45) is 1.23. The van der Waals surface area contributed by atoms with Crippen molar-refractivity contribution < 1.29 is 9.53 Å². The molecule has 0 bridgehead atoms. The lowest BCUT2D eigenvalue weighted by molar-refractivity contribution is -0.137. The number of ether oxygens (including phenoxy) is 1. The van der Waals surface area contributed by atoms with Crippen LogP contribution in [0.2, 0.25) is 0 Å². The van der Waals surface area contributed by atoms with Crippen LogP contribution in [0.4, 0.5) is 0 Å². The van der Waals surface area contributed by atoms with Crippen LogP contribution >= 0.6 is 0 Å². The van der Waals surface area contributed by atoms with Crippen LogP contribution < -0.4 is 4.74 Å². The zero-order chi connectivity index (χ0) is 20.5. The summed E-state index contributed by atoms with van der Waals surface area (Å²) < 4.78 is 6.11. The van der Waals surface area contributed by atoms with Gasteiger partial charge in [-0.25, -0.2) is 0 Å². The van der Waals surface area contributed by atoms with Gasteiger partial charge in [0.2, 0.25) is 0 Å². The zero-order valence-electron chi connectivity index (χ0n) is 17.8. The second-order valence-electron chi connectivity index (χ2n) is 8.41. The van der Waals surface area contributed by atoms with Gasteiger partial charge in [-0.1, -0.05) is 43.7 Å². The van der Waals surface area contributed by atoms with Crippen molar-refractivity contribution in [3.63, 3.8) is 0 Å². The Balaban J connectivity index is 1.48. The van der Waals surface area contributed by atoms with E-state index in [9.17, 15) is 4.79 Å². The molecule has 0 spiro atoms. The molecule has 0 fully saturated rings. The van der Waals surface area contributed by atoms with Gasteiger partial charge >= 0.3 is 0 Å². The Morgan fingerprint density at radius 2 is 1.83 bits per heavy atom. The van der Waals surface area contributed by atoms with Crippen molar-refractivity contribution in [3.8, 4) is 5.75 Å². The van der Waals surface area contributed by atoms with E-state index in [2.05, 4.69) is 50.0 Å². The number of hydrogen-bond donors (Lipinski definition) is 1. The van der Waals surface area contributed by atoms with Gasteiger partial charge in [-0.15, -0.1) is 0 Å². The molecule has 1 atom stereocenters. The Hall–Kier alpha value is -2.75. The van der Waals surface area contributed by atoms with E-state index in [1.807, 2.05) is 30.0 Å². The number of carbonyl (C=O) groups excluding carboxylic acids is 1. The summed E-state index contributed by atoms with van der Waals surface area (Å²) in [6, 6.07) is 14.6. The Morgan fingerprint density at radius 1 is 1.07 bits per heavy atom. The Bertz CT molecular complexity index is 1030. The fraction of sp³-hybridized carbons (Fsp3) is 0.400. The molecule has 2 aromatic carbocycles. The van der Waals surface area contributed by atoms with E-state index >= 15 is 0 Å². The van der Waals surface area contributed by atoms with Gasteiger partial charge < -0.3 is 14.6 Å². The van der Waals surface area contributed by atoms with E-state index < -0.39 is 6.10 Å². The van der Waals surface area contributed by atoms with Crippen molar-refractivity contribution in [3.05, 3.63) is 64.8 Å².